The first kappa shape index (κ1) is 19.5. The Morgan fingerprint density at radius 2 is 1.81 bits per heavy atom. The van der Waals surface area contributed by atoms with Crippen LogP contribution in [0.3, 0.4) is 0 Å². The first-order chi connectivity index (χ1) is 15.5. The Kier molecular flexibility index (Phi) is 4.39. The van der Waals surface area contributed by atoms with Gasteiger partial charge in [0.2, 0.25) is 0 Å². The lowest BCUT2D eigenvalue weighted by Crippen LogP contribution is -2.44. The Morgan fingerprint density at radius 3 is 2.59 bits per heavy atom. The molecule has 0 radical (unpaired) electrons. The van der Waals surface area contributed by atoms with Gasteiger partial charge in [-0.2, -0.15) is 0 Å². The van der Waals surface area contributed by atoms with Gasteiger partial charge in [0.25, 0.3) is 5.91 Å². The number of anilines is 1. The summed E-state index contributed by atoms with van der Waals surface area (Å²) in [6, 6.07) is 23.6. The molecule has 4 nitrogen and oxygen atoms in total. The Hall–Kier alpha value is -3.15. The second-order valence-corrected chi connectivity index (χ2v) is 9.24. The van der Waals surface area contributed by atoms with Gasteiger partial charge in [0.15, 0.2) is 5.11 Å². The second kappa shape index (κ2) is 7.19. The molecule has 6 rings (SSSR count). The van der Waals surface area contributed by atoms with Crippen LogP contribution in [-0.2, 0) is 11.2 Å². The number of aromatic amines is 1. The van der Waals surface area contributed by atoms with E-state index < -0.39 is 0 Å². The number of hydrogen-bond acceptors (Lipinski definition) is 2. The number of nitrogens with zero attached hydrogens (tertiary/aromatic N) is 2. The van der Waals surface area contributed by atoms with Crippen molar-refractivity contribution in [3.8, 4) is 0 Å². The van der Waals surface area contributed by atoms with E-state index >= 15 is 0 Å². The number of carbonyl (C=O) groups is 1. The molecule has 2 aliphatic heterocycles. The molecular weight excluding hydrogens is 438 g/mol. The van der Waals surface area contributed by atoms with Gasteiger partial charge >= 0.3 is 0 Å². The van der Waals surface area contributed by atoms with E-state index in [1.54, 1.807) is 17.0 Å². The normalized spacial score (nSPS) is 20.1. The quantitative estimate of drug-likeness (QED) is 0.388. The summed E-state index contributed by atoms with van der Waals surface area (Å²) in [6.45, 7) is 2.08. The van der Waals surface area contributed by atoms with E-state index in [0.29, 0.717) is 22.2 Å². The third-order valence-electron chi connectivity index (χ3n) is 6.51. The molecule has 2 atom stereocenters. The molecule has 0 spiro atoms. The predicted octanol–water partition coefficient (Wildman–Crippen LogP) is 5.78. The van der Waals surface area contributed by atoms with Gasteiger partial charge in [-0.05, 0) is 54.5 Å². The Labute approximate surface area is 196 Å². The second-order valence-electron chi connectivity index (χ2n) is 8.44. The third-order valence-corrected chi connectivity index (χ3v) is 7.14. The van der Waals surface area contributed by atoms with Crippen LogP contribution in [0.2, 0.25) is 5.02 Å². The van der Waals surface area contributed by atoms with E-state index in [1.165, 1.54) is 16.5 Å². The number of halogens is 1. The smallest absolute Gasteiger partial charge is 0.256 e. The van der Waals surface area contributed by atoms with Crippen molar-refractivity contribution >= 4 is 51.4 Å². The fourth-order valence-corrected chi connectivity index (χ4v) is 5.64. The zero-order chi connectivity index (χ0) is 22.0. The van der Waals surface area contributed by atoms with E-state index in [0.717, 1.165) is 16.8 Å². The van der Waals surface area contributed by atoms with E-state index in [-0.39, 0.29) is 18.0 Å². The van der Waals surface area contributed by atoms with Crippen molar-refractivity contribution in [1.29, 1.82) is 0 Å². The number of fused-ring (bicyclic) bond motifs is 4. The van der Waals surface area contributed by atoms with Gasteiger partial charge in [-0.1, -0.05) is 65.7 Å². The van der Waals surface area contributed by atoms with E-state index in [9.17, 15) is 4.79 Å². The summed E-state index contributed by atoms with van der Waals surface area (Å²) in [5, 5.41) is 2.26. The van der Waals surface area contributed by atoms with Gasteiger partial charge in [0, 0.05) is 28.0 Å². The Balaban J connectivity index is 1.55. The molecule has 1 aromatic heterocycles. The average Bonchev–Trinajstić information content (AvgIpc) is 3.28. The summed E-state index contributed by atoms with van der Waals surface area (Å²) >= 11 is 12.2. The largest absolute Gasteiger partial charge is 0.356 e. The van der Waals surface area contributed by atoms with Crippen LogP contribution in [0.4, 0.5) is 5.69 Å². The van der Waals surface area contributed by atoms with Gasteiger partial charge in [0.05, 0.1) is 11.7 Å². The summed E-state index contributed by atoms with van der Waals surface area (Å²) < 4.78 is 0. The van der Waals surface area contributed by atoms with Crippen molar-refractivity contribution in [2.45, 2.75) is 25.4 Å². The zero-order valence-electron chi connectivity index (χ0n) is 17.4. The molecule has 2 aliphatic rings. The SMILES string of the molecule is Cc1ccc([C@@H]2c3[nH]c4ccccc4c3C[C@@H]3C(=O)N(c4cccc(Cl)c4)C(=S)N23)cc1. The molecule has 3 aromatic carbocycles. The monoisotopic (exact) mass is 457 g/mol. The molecule has 1 saturated heterocycles. The summed E-state index contributed by atoms with van der Waals surface area (Å²) in [5.41, 5.74) is 6.39. The molecule has 1 amide bonds. The zero-order valence-corrected chi connectivity index (χ0v) is 19.0. The number of carbonyl (C=O) groups excluding carboxylic acids is 1. The minimum absolute atomic E-state index is 0.00897. The first-order valence-corrected chi connectivity index (χ1v) is 11.4. The van der Waals surface area contributed by atoms with Crippen molar-refractivity contribution in [2.24, 2.45) is 0 Å². The van der Waals surface area contributed by atoms with Crippen LogP contribution in [-0.4, -0.2) is 26.9 Å². The minimum Gasteiger partial charge on any atom is -0.356 e. The number of rotatable bonds is 2. The van der Waals surface area contributed by atoms with E-state index in [1.807, 2.05) is 24.3 Å². The fourth-order valence-electron chi connectivity index (χ4n) is 5.02. The van der Waals surface area contributed by atoms with Gasteiger partial charge in [-0.3, -0.25) is 9.69 Å². The summed E-state index contributed by atoms with van der Waals surface area (Å²) in [6.07, 6.45) is 0.609. The summed E-state index contributed by atoms with van der Waals surface area (Å²) in [7, 11) is 0. The van der Waals surface area contributed by atoms with Crippen LogP contribution in [0.1, 0.15) is 28.4 Å². The van der Waals surface area contributed by atoms with Crippen molar-refractivity contribution in [2.75, 3.05) is 4.90 Å². The first-order valence-electron chi connectivity index (χ1n) is 10.6. The Morgan fingerprint density at radius 1 is 1.03 bits per heavy atom. The number of H-pyrrole nitrogens is 1. The molecular formula is C26H20ClN3OS. The number of aromatic nitrogens is 1. The van der Waals surface area contributed by atoms with Crippen LogP contribution < -0.4 is 4.90 Å². The van der Waals surface area contributed by atoms with Crippen molar-refractivity contribution in [3.05, 3.63) is 100 Å². The molecule has 158 valence electrons. The molecule has 32 heavy (non-hydrogen) atoms. The molecule has 4 aromatic rings. The maximum atomic E-state index is 13.7. The molecule has 0 saturated carbocycles. The highest BCUT2D eigenvalue weighted by Crippen LogP contribution is 2.45. The maximum absolute atomic E-state index is 13.7. The van der Waals surface area contributed by atoms with Gasteiger partial charge in [-0.15, -0.1) is 0 Å². The Bertz CT molecular complexity index is 1390. The van der Waals surface area contributed by atoms with Crippen LogP contribution in [0.25, 0.3) is 10.9 Å². The highest BCUT2D eigenvalue weighted by molar-refractivity contribution is 7.80. The van der Waals surface area contributed by atoms with Gasteiger partial charge in [0.1, 0.15) is 6.04 Å². The number of amides is 1. The summed E-state index contributed by atoms with van der Waals surface area (Å²) in [5.74, 6) is -0.00897. The number of aryl methyl sites for hydroxylation is 1. The lowest BCUT2D eigenvalue weighted by atomic mass is 9.88. The van der Waals surface area contributed by atoms with Crippen molar-refractivity contribution in [1.82, 2.24) is 9.88 Å². The predicted molar refractivity (Wildman–Crippen MR) is 132 cm³/mol. The topological polar surface area (TPSA) is 39.3 Å². The van der Waals surface area contributed by atoms with Gasteiger partial charge in [-0.25, -0.2) is 0 Å². The molecule has 6 heteroatoms. The minimum atomic E-state index is -0.362. The maximum Gasteiger partial charge on any atom is 0.256 e. The lowest BCUT2D eigenvalue weighted by molar-refractivity contribution is -0.120. The number of benzene rings is 3. The van der Waals surface area contributed by atoms with Crippen molar-refractivity contribution in [3.63, 3.8) is 0 Å². The highest BCUT2D eigenvalue weighted by atomic mass is 35.5. The molecule has 0 unspecified atom stereocenters. The van der Waals surface area contributed by atoms with Crippen molar-refractivity contribution < 1.29 is 4.79 Å². The number of hydrogen-bond donors (Lipinski definition) is 1. The number of thiocarbonyl (C=S) groups is 1. The van der Waals surface area contributed by atoms with Gasteiger partial charge < -0.3 is 9.88 Å². The van der Waals surface area contributed by atoms with E-state index in [2.05, 4.69) is 53.2 Å². The van der Waals surface area contributed by atoms with Crippen LogP contribution in [0.15, 0.2) is 72.8 Å². The van der Waals surface area contributed by atoms with Crippen LogP contribution >= 0.6 is 23.8 Å². The molecule has 0 aliphatic carbocycles. The lowest BCUT2D eigenvalue weighted by Gasteiger charge is -2.37. The number of para-hydroxylation sites is 1. The highest BCUT2D eigenvalue weighted by Gasteiger charge is 2.50. The molecule has 1 fully saturated rings. The average molecular weight is 458 g/mol. The fraction of sp³-hybridized carbons (Fsp3) is 0.154. The number of nitrogens with one attached hydrogen (secondary N) is 1. The standard InChI is InChI=1S/C26H20ClN3OS/c1-15-9-11-16(12-10-15)24-23-20(19-7-2-3-8-21(19)28-23)14-22-25(31)29(26(32)30(22)24)18-6-4-5-17(27)13-18/h2-13,22,24,28H,14H2,1H3/t22-,24-/m1/s1. The van der Waals surface area contributed by atoms with E-state index in [4.69, 9.17) is 23.8 Å². The molecule has 1 N–H and O–H groups in total. The van der Waals surface area contributed by atoms with Crippen LogP contribution in [0.5, 0.6) is 0 Å². The van der Waals surface area contributed by atoms with Crippen LogP contribution in [0, 0.1) is 6.92 Å². The molecule has 0 bridgehead atoms. The summed E-state index contributed by atoms with van der Waals surface area (Å²) in [4.78, 5) is 21.1. The molecule has 3 heterocycles. The third kappa shape index (κ3) is 2.81.